The second-order valence-corrected chi connectivity index (χ2v) is 7.85. The molecule has 168 valence electrons. The Hall–Kier alpha value is -3.92. The van der Waals surface area contributed by atoms with Crippen molar-refractivity contribution in [1.29, 1.82) is 0 Å². The van der Waals surface area contributed by atoms with Crippen LogP contribution in [0.15, 0.2) is 61.2 Å². The molecule has 9 nitrogen and oxygen atoms in total. The van der Waals surface area contributed by atoms with Gasteiger partial charge in [0.15, 0.2) is 0 Å². The van der Waals surface area contributed by atoms with Gasteiger partial charge in [-0.3, -0.25) is 14.5 Å². The predicted octanol–water partition coefficient (Wildman–Crippen LogP) is 2.51. The second-order valence-electron chi connectivity index (χ2n) is 7.85. The molecule has 10 heteroatoms. The Bertz CT molecular complexity index is 1250. The van der Waals surface area contributed by atoms with Gasteiger partial charge in [-0.1, -0.05) is 11.6 Å². The molecule has 5 rings (SSSR count). The van der Waals surface area contributed by atoms with Crippen molar-refractivity contribution in [3.63, 3.8) is 0 Å². The van der Waals surface area contributed by atoms with Gasteiger partial charge in [-0.15, -0.1) is 0 Å². The van der Waals surface area contributed by atoms with E-state index in [4.69, 9.17) is 4.74 Å². The summed E-state index contributed by atoms with van der Waals surface area (Å²) in [6.45, 7) is 3.88. The van der Waals surface area contributed by atoms with Crippen molar-refractivity contribution in [2.45, 2.75) is 19.5 Å². The molecular weight excluding hydrogens is 425 g/mol. The Morgan fingerprint density at radius 3 is 2.67 bits per heavy atom. The first-order valence-electron chi connectivity index (χ1n) is 10.6. The molecule has 4 aromatic rings. The third kappa shape index (κ3) is 4.37. The van der Waals surface area contributed by atoms with E-state index < -0.39 is 5.82 Å². The molecule has 4 heterocycles. The van der Waals surface area contributed by atoms with Crippen molar-refractivity contribution in [2.24, 2.45) is 0 Å². The number of ether oxygens (including phenoxy) is 1. The van der Waals surface area contributed by atoms with E-state index >= 15 is 0 Å². The quantitative estimate of drug-likeness (QED) is 0.432. The fourth-order valence-corrected chi connectivity index (χ4v) is 3.70. The van der Waals surface area contributed by atoms with Gasteiger partial charge < -0.3 is 9.64 Å². The van der Waals surface area contributed by atoms with Crippen LogP contribution in [0.5, 0.6) is 0 Å². The normalized spacial score (nSPS) is 13.6. The lowest BCUT2D eigenvalue weighted by atomic mass is 10.1. The first-order valence-corrected chi connectivity index (χ1v) is 10.6. The number of amides is 1. The maximum atomic E-state index is 13.7. The highest BCUT2D eigenvalue weighted by Gasteiger charge is 2.32. The van der Waals surface area contributed by atoms with Gasteiger partial charge in [0.25, 0.3) is 5.91 Å². The van der Waals surface area contributed by atoms with Crippen LogP contribution >= 0.6 is 0 Å². The van der Waals surface area contributed by atoms with Gasteiger partial charge >= 0.3 is 0 Å². The SMILES string of the molecule is Cc1ccc(-n2nccn2)c(C(=O)N(CCn2ccc(-c3ccc(F)cn3)n2)C2COC2)c1. The summed E-state index contributed by atoms with van der Waals surface area (Å²) in [5, 5.41) is 12.9. The molecule has 1 aliphatic rings. The molecular formula is C23H22FN7O2. The highest BCUT2D eigenvalue weighted by Crippen LogP contribution is 2.21. The van der Waals surface area contributed by atoms with E-state index in [0.717, 1.165) is 5.56 Å². The van der Waals surface area contributed by atoms with Crippen LogP contribution in [0.2, 0.25) is 0 Å². The number of carbonyl (C=O) groups excluding carboxylic acids is 1. The van der Waals surface area contributed by atoms with Crippen molar-refractivity contribution in [3.8, 4) is 17.1 Å². The molecule has 0 N–H and O–H groups in total. The van der Waals surface area contributed by atoms with E-state index in [1.165, 1.54) is 17.1 Å². The minimum absolute atomic E-state index is 0.00904. The maximum Gasteiger partial charge on any atom is 0.256 e. The van der Waals surface area contributed by atoms with Crippen LogP contribution in [-0.4, -0.2) is 66.4 Å². The fraction of sp³-hybridized carbons (Fsp3) is 0.261. The highest BCUT2D eigenvalue weighted by atomic mass is 19.1. The van der Waals surface area contributed by atoms with Gasteiger partial charge in [0.05, 0.1) is 61.3 Å². The van der Waals surface area contributed by atoms with Crippen molar-refractivity contribution in [2.75, 3.05) is 19.8 Å². The number of nitrogens with zero attached hydrogens (tertiary/aromatic N) is 7. The zero-order chi connectivity index (χ0) is 22.8. The predicted molar refractivity (Wildman–Crippen MR) is 117 cm³/mol. The van der Waals surface area contributed by atoms with Crippen molar-refractivity contribution in [1.82, 2.24) is 34.7 Å². The van der Waals surface area contributed by atoms with Crippen LogP contribution < -0.4 is 0 Å². The summed E-state index contributed by atoms with van der Waals surface area (Å²) in [5.41, 5.74) is 3.37. The number of carbonyl (C=O) groups is 1. The first kappa shape index (κ1) is 21.0. The molecule has 0 saturated carbocycles. The van der Waals surface area contributed by atoms with Crippen molar-refractivity contribution < 1.29 is 13.9 Å². The summed E-state index contributed by atoms with van der Waals surface area (Å²) >= 11 is 0. The van der Waals surface area contributed by atoms with Crippen LogP contribution in [0.4, 0.5) is 4.39 Å². The molecule has 1 aromatic carbocycles. The summed E-state index contributed by atoms with van der Waals surface area (Å²) in [5.74, 6) is -0.497. The summed E-state index contributed by atoms with van der Waals surface area (Å²) in [6, 6.07) is 10.4. The Balaban J connectivity index is 1.37. The average molecular weight is 447 g/mol. The molecule has 1 aliphatic heterocycles. The number of aryl methyl sites for hydroxylation is 1. The average Bonchev–Trinajstić information content (AvgIpc) is 3.48. The number of hydrogen-bond acceptors (Lipinski definition) is 6. The molecule has 1 fully saturated rings. The number of pyridine rings is 1. The number of benzene rings is 1. The van der Waals surface area contributed by atoms with Gasteiger partial charge in [-0.25, -0.2) is 4.39 Å². The molecule has 33 heavy (non-hydrogen) atoms. The second kappa shape index (κ2) is 8.91. The van der Waals surface area contributed by atoms with Gasteiger partial charge in [0.2, 0.25) is 0 Å². The molecule has 0 radical (unpaired) electrons. The minimum Gasteiger partial charge on any atom is -0.377 e. The monoisotopic (exact) mass is 447 g/mol. The zero-order valence-electron chi connectivity index (χ0n) is 18.0. The van der Waals surface area contributed by atoms with E-state index in [-0.39, 0.29) is 11.9 Å². The van der Waals surface area contributed by atoms with E-state index in [9.17, 15) is 9.18 Å². The van der Waals surface area contributed by atoms with Gasteiger partial charge in [0.1, 0.15) is 11.5 Å². The lowest BCUT2D eigenvalue weighted by Gasteiger charge is -2.37. The van der Waals surface area contributed by atoms with Crippen LogP contribution in [0.1, 0.15) is 15.9 Å². The lowest BCUT2D eigenvalue weighted by Crippen LogP contribution is -2.52. The molecule has 1 amide bonds. The third-order valence-electron chi connectivity index (χ3n) is 5.54. The Morgan fingerprint density at radius 1 is 1.15 bits per heavy atom. The zero-order valence-corrected chi connectivity index (χ0v) is 18.0. The maximum absolute atomic E-state index is 13.7. The third-order valence-corrected chi connectivity index (χ3v) is 5.54. The molecule has 0 unspecified atom stereocenters. The van der Waals surface area contributed by atoms with Crippen LogP contribution in [0.3, 0.4) is 0 Å². The molecule has 1 saturated heterocycles. The number of halogens is 1. The summed E-state index contributed by atoms with van der Waals surface area (Å²) in [6.07, 6.45) is 6.15. The van der Waals surface area contributed by atoms with E-state index in [1.807, 2.05) is 42.3 Å². The topological polar surface area (TPSA) is 91.0 Å². The summed E-state index contributed by atoms with van der Waals surface area (Å²) < 4.78 is 20.3. The van der Waals surface area contributed by atoms with Crippen molar-refractivity contribution in [3.05, 3.63) is 78.1 Å². The van der Waals surface area contributed by atoms with Gasteiger partial charge in [0, 0.05) is 12.7 Å². The Morgan fingerprint density at radius 2 is 1.97 bits per heavy atom. The van der Waals surface area contributed by atoms with Crippen LogP contribution in [-0.2, 0) is 11.3 Å². The fourth-order valence-electron chi connectivity index (χ4n) is 3.70. The number of hydrogen-bond donors (Lipinski definition) is 0. The van der Waals surface area contributed by atoms with Crippen LogP contribution in [0.25, 0.3) is 17.1 Å². The smallest absolute Gasteiger partial charge is 0.256 e. The van der Waals surface area contributed by atoms with Gasteiger partial charge in [-0.05, 0) is 37.3 Å². The molecule has 0 bridgehead atoms. The number of aromatic nitrogens is 6. The number of rotatable bonds is 7. The van der Waals surface area contributed by atoms with E-state index in [2.05, 4.69) is 20.3 Å². The van der Waals surface area contributed by atoms with E-state index in [1.54, 1.807) is 23.1 Å². The first-order chi connectivity index (χ1) is 16.1. The lowest BCUT2D eigenvalue weighted by molar-refractivity contribution is -0.0549. The molecule has 3 aromatic heterocycles. The molecule has 0 atom stereocenters. The van der Waals surface area contributed by atoms with Crippen molar-refractivity contribution >= 4 is 5.91 Å². The summed E-state index contributed by atoms with van der Waals surface area (Å²) in [4.78, 5) is 21.0. The standard InChI is InChI=1S/C23H22FN7O2/c1-16-2-5-22(31-26-7-8-27-31)19(12-16)23(32)30(18-14-33-15-18)11-10-29-9-6-21(28-29)20-4-3-17(24)13-25-20/h2-9,12-13,18H,10-11,14-15H2,1H3. The molecule has 0 aliphatic carbocycles. The minimum atomic E-state index is -0.393. The Kier molecular flexibility index (Phi) is 5.66. The largest absolute Gasteiger partial charge is 0.377 e. The Labute approximate surface area is 189 Å². The van der Waals surface area contributed by atoms with Crippen LogP contribution in [0, 0.1) is 12.7 Å². The summed E-state index contributed by atoms with van der Waals surface area (Å²) in [7, 11) is 0. The van der Waals surface area contributed by atoms with E-state index in [0.29, 0.717) is 48.9 Å². The highest BCUT2D eigenvalue weighted by molar-refractivity contribution is 5.98. The molecule has 0 spiro atoms. The van der Waals surface area contributed by atoms with Gasteiger partial charge in [-0.2, -0.15) is 20.1 Å².